The molecule has 0 bridgehead atoms. The van der Waals surface area contributed by atoms with E-state index in [0.717, 1.165) is 33.4 Å². The lowest BCUT2D eigenvalue weighted by atomic mass is 10.0. The Labute approximate surface area is 218 Å². The first-order valence-electron chi connectivity index (χ1n) is 10.7. The molecule has 0 amide bonds. The van der Waals surface area contributed by atoms with Crippen LogP contribution in [0.5, 0.6) is 0 Å². The molecule has 0 aliphatic rings. The number of aromatic nitrogens is 4. The molecule has 0 radical (unpaired) electrons. The van der Waals surface area contributed by atoms with Crippen LogP contribution in [0.2, 0.25) is 0 Å². The predicted octanol–water partition coefficient (Wildman–Crippen LogP) is 5.29. The average Bonchev–Trinajstić information content (AvgIpc) is 3.52. The molecule has 196 valence electrons. The Morgan fingerprint density at radius 2 is 1.76 bits per heavy atom. The third-order valence-corrected chi connectivity index (χ3v) is 7.36. The van der Waals surface area contributed by atoms with E-state index < -0.39 is 22.2 Å². The van der Waals surface area contributed by atoms with Crippen molar-refractivity contribution in [1.29, 1.82) is 0 Å². The minimum absolute atomic E-state index is 0.170. The second kappa shape index (κ2) is 10.6. The molecule has 0 unspecified atom stereocenters. The summed E-state index contributed by atoms with van der Waals surface area (Å²) in [5.74, 6) is -2.76. The molecule has 14 heteroatoms. The lowest BCUT2D eigenvalue weighted by Crippen LogP contribution is -2.21. The summed E-state index contributed by atoms with van der Waals surface area (Å²) < 4.78 is 61.6. The monoisotopic (exact) mass is 561 g/mol. The summed E-state index contributed by atoms with van der Waals surface area (Å²) >= 11 is 1.23. The number of nitrogens with zero attached hydrogens (tertiary/aromatic N) is 4. The van der Waals surface area contributed by atoms with Gasteiger partial charge in [0, 0.05) is 28.7 Å². The van der Waals surface area contributed by atoms with Crippen molar-refractivity contribution in [2.75, 3.05) is 4.72 Å². The quantitative estimate of drug-likeness (QED) is 0.299. The maximum Gasteiger partial charge on any atom is 0.490 e. The fraction of sp³-hybridized carbons (Fsp3) is 0.0833. The molecule has 0 fully saturated rings. The number of alkyl halides is 3. The van der Waals surface area contributed by atoms with Gasteiger partial charge in [-0.3, -0.25) is 9.71 Å². The van der Waals surface area contributed by atoms with E-state index in [1.54, 1.807) is 48.2 Å². The Morgan fingerprint density at radius 3 is 2.39 bits per heavy atom. The Morgan fingerprint density at radius 1 is 1.05 bits per heavy atom. The SMILES string of the molecule is Cc1c(-c2nccc3cc(S(=O)(=O)Nc4nccs4)ccc23)cnn1-c1ccccc1.O=C(O)C(F)(F)F. The normalized spacial score (nSPS) is 11.6. The number of rotatable bonds is 5. The summed E-state index contributed by atoms with van der Waals surface area (Å²) in [6.45, 7) is 1.99. The van der Waals surface area contributed by atoms with E-state index in [2.05, 4.69) is 19.8 Å². The maximum absolute atomic E-state index is 12.7. The number of halogens is 3. The van der Waals surface area contributed by atoms with Crippen LogP contribution in [0.3, 0.4) is 0 Å². The van der Waals surface area contributed by atoms with Gasteiger partial charge in [-0.2, -0.15) is 18.3 Å². The highest BCUT2D eigenvalue weighted by atomic mass is 32.2. The van der Waals surface area contributed by atoms with Crippen molar-refractivity contribution in [3.8, 4) is 16.9 Å². The predicted molar refractivity (Wildman–Crippen MR) is 136 cm³/mol. The number of carbonyl (C=O) groups is 1. The summed E-state index contributed by atoms with van der Waals surface area (Å²) in [5, 5.41) is 15.3. The van der Waals surface area contributed by atoms with Crippen molar-refractivity contribution < 1.29 is 31.5 Å². The maximum atomic E-state index is 12.7. The zero-order valence-electron chi connectivity index (χ0n) is 19.4. The Kier molecular flexibility index (Phi) is 7.46. The van der Waals surface area contributed by atoms with Crippen LogP contribution in [-0.4, -0.2) is 45.4 Å². The summed E-state index contributed by atoms with van der Waals surface area (Å²) in [4.78, 5) is 17.6. The van der Waals surface area contributed by atoms with Crippen molar-refractivity contribution in [3.63, 3.8) is 0 Å². The number of aliphatic carboxylic acids is 1. The third-order valence-electron chi connectivity index (χ3n) is 5.21. The van der Waals surface area contributed by atoms with Crippen LogP contribution < -0.4 is 4.72 Å². The topological polar surface area (TPSA) is 127 Å². The second-order valence-corrected chi connectivity index (χ2v) is 10.3. The van der Waals surface area contributed by atoms with Crippen LogP contribution in [0.1, 0.15) is 5.69 Å². The van der Waals surface area contributed by atoms with E-state index in [0.29, 0.717) is 5.13 Å². The zero-order chi connectivity index (χ0) is 27.5. The number of carboxylic acids is 1. The number of para-hydroxylation sites is 1. The van der Waals surface area contributed by atoms with E-state index in [9.17, 15) is 21.6 Å². The Bertz CT molecular complexity index is 1690. The third kappa shape index (κ3) is 5.81. The highest BCUT2D eigenvalue weighted by molar-refractivity contribution is 7.93. The number of thiazole rings is 1. The van der Waals surface area contributed by atoms with E-state index in [4.69, 9.17) is 9.90 Å². The minimum Gasteiger partial charge on any atom is -0.475 e. The van der Waals surface area contributed by atoms with Crippen molar-refractivity contribution in [2.45, 2.75) is 18.0 Å². The van der Waals surface area contributed by atoms with Gasteiger partial charge in [-0.15, -0.1) is 11.3 Å². The number of hydrogen-bond acceptors (Lipinski definition) is 7. The first-order chi connectivity index (χ1) is 18.0. The Hall–Kier alpha value is -4.30. The molecule has 3 aromatic heterocycles. The summed E-state index contributed by atoms with van der Waals surface area (Å²) in [6.07, 6.45) is -0.0564. The number of sulfonamides is 1. The van der Waals surface area contributed by atoms with Gasteiger partial charge in [0.25, 0.3) is 10.0 Å². The van der Waals surface area contributed by atoms with Crippen LogP contribution in [0, 0.1) is 6.92 Å². The number of carboxylic acid groups (broad SMARTS) is 1. The van der Waals surface area contributed by atoms with Gasteiger partial charge in [0.15, 0.2) is 5.13 Å². The van der Waals surface area contributed by atoms with E-state index >= 15 is 0 Å². The fourth-order valence-corrected chi connectivity index (χ4v) is 5.28. The standard InChI is InChI=1S/C22H17N5O2S2.C2HF3O2/c1-15-20(14-25-27(15)17-5-3-2-4-6-17)21-19-8-7-18(13-16(19)9-10-23-21)31(28,29)26-22-24-11-12-30-22;3-2(4,5)1(6)7/h2-14H,1H3,(H,24,26);(H,6,7). The molecule has 5 aromatic rings. The molecule has 0 saturated heterocycles. The number of pyridine rings is 1. The number of anilines is 1. The van der Waals surface area contributed by atoms with E-state index in [1.807, 2.05) is 41.9 Å². The molecule has 9 nitrogen and oxygen atoms in total. The highest BCUT2D eigenvalue weighted by Crippen LogP contribution is 2.31. The number of hydrogen-bond donors (Lipinski definition) is 2. The van der Waals surface area contributed by atoms with Gasteiger partial charge in [0.1, 0.15) is 0 Å². The highest BCUT2D eigenvalue weighted by Gasteiger charge is 2.38. The number of benzene rings is 2. The molecular weight excluding hydrogens is 543 g/mol. The van der Waals surface area contributed by atoms with Crippen LogP contribution >= 0.6 is 11.3 Å². The van der Waals surface area contributed by atoms with Gasteiger partial charge in [-0.05, 0) is 42.6 Å². The van der Waals surface area contributed by atoms with Crippen LogP contribution in [0.15, 0.2) is 83.5 Å². The molecule has 0 aliphatic carbocycles. The molecular formula is C24H18F3N5O4S2. The van der Waals surface area contributed by atoms with Crippen molar-refractivity contribution in [3.05, 3.63) is 84.3 Å². The summed E-state index contributed by atoms with van der Waals surface area (Å²) in [5.41, 5.74) is 3.57. The van der Waals surface area contributed by atoms with Crippen LogP contribution in [-0.2, 0) is 14.8 Å². The molecule has 2 aromatic carbocycles. The lowest BCUT2D eigenvalue weighted by Gasteiger charge is -2.09. The van der Waals surface area contributed by atoms with Gasteiger partial charge in [0.05, 0.1) is 28.2 Å². The molecule has 2 N–H and O–H groups in total. The fourth-order valence-electron chi connectivity index (χ4n) is 3.46. The molecule has 3 heterocycles. The Balaban J connectivity index is 0.000000426. The smallest absolute Gasteiger partial charge is 0.475 e. The van der Waals surface area contributed by atoms with Gasteiger partial charge >= 0.3 is 12.1 Å². The first-order valence-corrected chi connectivity index (χ1v) is 13.1. The van der Waals surface area contributed by atoms with Crippen molar-refractivity contribution in [2.24, 2.45) is 0 Å². The van der Waals surface area contributed by atoms with E-state index in [1.165, 1.54) is 11.3 Å². The molecule has 5 rings (SSSR count). The molecule has 0 spiro atoms. The zero-order valence-corrected chi connectivity index (χ0v) is 21.0. The van der Waals surface area contributed by atoms with Crippen LogP contribution in [0.25, 0.3) is 27.7 Å². The number of nitrogens with one attached hydrogen (secondary N) is 1. The largest absolute Gasteiger partial charge is 0.490 e. The molecule has 0 aliphatic heterocycles. The minimum atomic E-state index is -5.08. The summed E-state index contributed by atoms with van der Waals surface area (Å²) in [7, 11) is -3.73. The second-order valence-electron chi connectivity index (χ2n) is 7.68. The number of fused-ring (bicyclic) bond motifs is 1. The average molecular weight is 562 g/mol. The van der Waals surface area contributed by atoms with Gasteiger partial charge in [-0.1, -0.05) is 24.3 Å². The van der Waals surface area contributed by atoms with Crippen LogP contribution in [0.4, 0.5) is 18.3 Å². The molecule has 0 atom stereocenters. The van der Waals surface area contributed by atoms with E-state index in [-0.39, 0.29) is 4.90 Å². The first kappa shape index (κ1) is 26.8. The van der Waals surface area contributed by atoms with Gasteiger partial charge in [-0.25, -0.2) is 22.9 Å². The summed E-state index contributed by atoms with van der Waals surface area (Å²) in [6, 6.07) is 16.7. The van der Waals surface area contributed by atoms with Gasteiger partial charge < -0.3 is 5.11 Å². The molecule has 0 saturated carbocycles. The molecule has 38 heavy (non-hydrogen) atoms. The van der Waals surface area contributed by atoms with Crippen molar-refractivity contribution in [1.82, 2.24) is 19.7 Å². The van der Waals surface area contributed by atoms with Crippen molar-refractivity contribution >= 4 is 43.2 Å². The lowest BCUT2D eigenvalue weighted by molar-refractivity contribution is -0.192. The van der Waals surface area contributed by atoms with Gasteiger partial charge in [0.2, 0.25) is 0 Å².